The molecule has 0 spiro atoms. The van der Waals surface area contributed by atoms with Gasteiger partial charge in [-0.15, -0.1) is 5.10 Å². The van der Waals surface area contributed by atoms with Gasteiger partial charge in [0.25, 0.3) is 0 Å². The van der Waals surface area contributed by atoms with Crippen LogP contribution in [0.25, 0.3) is 11.3 Å². The summed E-state index contributed by atoms with van der Waals surface area (Å²) in [5.74, 6) is 0.138. The maximum Gasteiger partial charge on any atom is 0.135 e. The molecule has 2 atom stereocenters. The normalized spacial score (nSPS) is 25.9. The van der Waals surface area contributed by atoms with Crippen molar-refractivity contribution >= 4 is 0 Å². The number of hydrogen-bond acceptors (Lipinski definition) is 5. The second kappa shape index (κ2) is 7.35. The summed E-state index contributed by atoms with van der Waals surface area (Å²) in [4.78, 5) is 9.70. The molecule has 1 aliphatic heterocycles. The average molecular weight is 449 g/mol. The minimum absolute atomic E-state index is 0.119. The summed E-state index contributed by atoms with van der Waals surface area (Å²) in [6.45, 7) is 5.99. The highest BCUT2D eigenvalue weighted by Gasteiger charge is 2.65. The summed E-state index contributed by atoms with van der Waals surface area (Å²) < 4.78 is 34.4. The van der Waals surface area contributed by atoms with Gasteiger partial charge >= 0.3 is 0 Å². The molecule has 3 heterocycles. The van der Waals surface area contributed by atoms with E-state index in [-0.39, 0.29) is 22.6 Å². The SMILES string of the molecule is CC1(C)[C@H]2CC[C@]1(c1ccnc(C3CCOCC3)n1)c1nnc(-c3c(F)cccc3F)cc12. The first kappa shape index (κ1) is 20.8. The number of halogens is 2. The van der Waals surface area contributed by atoms with Gasteiger partial charge in [-0.25, -0.2) is 18.7 Å². The fourth-order valence-corrected chi connectivity index (χ4v) is 6.52. The molecule has 3 aromatic rings. The van der Waals surface area contributed by atoms with Crippen molar-refractivity contribution in [3.8, 4) is 11.3 Å². The lowest BCUT2D eigenvalue weighted by molar-refractivity contribution is 0.0834. The molecule has 0 unspecified atom stereocenters. The molecule has 0 N–H and O–H groups in total. The highest BCUT2D eigenvalue weighted by molar-refractivity contribution is 5.64. The van der Waals surface area contributed by atoms with E-state index in [1.54, 1.807) is 0 Å². The molecule has 2 aliphatic carbocycles. The van der Waals surface area contributed by atoms with Crippen LogP contribution in [0, 0.1) is 17.0 Å². The fourth-order valence-electron chi connectivity index (χ4n) is 6.52. The van der Waals surface area contributed by atoms with Crippen LogP contribution in [0.15, 0.2) is 36.5 Å². The third kappa shape index (κ3) is 2.84. The van der Waals surface area contributed by atoms with Gasteiger partial charge in [0.2, 0.25) is 0 Å². The van der Waals surface area contributed by atoms with E-state index in [0.717, 1.165) is 61.7 Å². The van der Waals surface area contributed by atoms with Gasteiger partial charge in [-0.1, -0.05) is 19.9 Å². The minimum Gasteiger partial charge on any atom is -0.381 e. The van der Waals surface area contributed by atoms with Crippen LogP contribution in [0.4, 0.5) is 8.78 Å². The van der Waals surface area contributed by atoms with Crippen molar-refractivity contribution in [1.29, 1.82) is 0 Å². The van der Waals surface area contributed by atoms with Crippen molar-refractivity contribution in [2.75, 3.05) is 13.2 Å². The zero-order valence-electron chi connectivity index (χ0n) is 18.8. The summed E-state index contributed by atoms with van der Waals surface area (Å²) in [5, 5.41) is 8.94. The molecule has 2 bridgehead atoms. The van der Waals surface area contributed by atoms with E-state index < -0.39 is 17.0 Å². The first-order valence-corrected chi connectivity index (χ1v) is 11.7. The molecule has 2 aromatic heterocycles. The van der Waals surface area contributed by atoms with Crippen LogP contribution in [0.3, 0.4) is 0 Å². The van der Waals surface area contributed by atoms with Crippen molar-refractivity contribution in [3.63, 3.8) is 0 Å². The molecule has 1 aromatic carbocycles. The number of ether oxygens (including phenoxy) is 1. The van der Waals surface area contributed by atoms with Gasteiger partial charge in [-0.3, -0.25) is 0 Å². The topological polar surface area (TPSA) is 60.8 Å². The van der Waals surface area contributed by atoms with Gasteiger partial charge in [0.05, 0.1) is 28.1 Å². The van der Waals surface area contributed by atoms with Crippen LogP contribution < -0.4 is 0 Å². The Kier molecular flexibility index (Phi) is 4.63. The van der Waals surface area contributed by atoms with Crippen LogP contribution in [-0.2, 0) is 10.2 Å². The Morgan fingerprint density at radius 3 is 2.52 bits per heavy atom. The van der Waals surface area contributed by atoms with Crippen molar-refractivity contribution in [3.05, 3.63) is 70.9 Å². The number of fused-ring (bicyclic) bond motifs is 5. The van der Waals surface area contributed by atoms with Gasteiger partial charge in [0.1, 0.15) is 17.5 Å². The standard InChI is InChI=1S/C26H26F2N4O/c1-25(2)17-6-10-26(25,21-7-11-29-24(30-21)15-8-12-33-13-9-15)23-16(17)14-20(31-32-23)22-18(27)4-3-5-19(22)28/h3-5,7,11,14-15,17H,6,8-10,12-13H2,1-2H3/t17-,26-/m0/s1. The summed E-state index contributed by atoms with van der Waals surface area (Å²) in [7, 11) is 0. The molecule has 7 heteroatoms. The van der Waals surface area contributed by atoms with E-state index >= 15 is 0 Å². The monoisotopic (exact) mass is 448 g/mol. The molecule has 2 fully saturated rings. The molecule has 1 saturated carbocycles. The Hall–Kier alpha value is -2.80. The van der Waals surface area contributed by atoms with E-state index in [1.165, 1.54) is 18.2 Å². The van der Waals surface area contributed by atoms with Crippen LogP contribution >= 0.6 is 0 Å². The molecule has 170 valence electrons. The Labute approximate surface area is 191 Å². The number of nitrogens with zero attached hydrogens (tertiary/aromatic N) is 4. The molecule has 3 aliphatic rings. The van der Waals surface area contributed by atoms with E-state index in [4.69, 9.17) is 9.72 Å². The molecule has 33 heavy (non-hydrogen) atoms. The number of benzene rings is 1. The van der Waals surface area contributed by atoms with Gasteiger partial charge in [-0.05, 0) is 66.8 Å². The van der Waals surface area contributed by atoms with Gasteiger partial charge in [0, 0.05) is 25.3 Å². The lowest BCUT2D eigenvalue weighted by atomic mass is 9.66. The van der Waals surface area contributed by atoms with Crippen LogP contribution in [0.2, 0.25) is 0 Å². The summed E-state index contributed by atoms with van der Waals surface area (Å²) in [6, 6.07) is 7.72. The van der Waals surface area contributed by atoms with Crippen LogP contribution in [0.5, 0.6) is 0 Å². The number of rotatable bonds is 3. The lowest BCUT2D eigenvalue weighted by Crippen LogP contribution is -2.38. The third-order valence-electron chi connectivity index (χ3n) is 8.30. The third-order valence-corrected chi connectivity index (χ3v) is 8.30. The summed E-state index contributed by atoms with van der Waals surface area (Å²) >= 11 is 0. The molecule has 1 saturated heterocycles. The van der Waals surface area contributed by atoms with Gasteiger partial charge in [0.15, 0.2) is 0 Å². The zero-order valence-corrected chi connectivity index (χ0v) is 18.8. The molecular weight excluding hydrogens is 422 g/mol. The van der Waals surface area contributed by atoms with E-state index in [9.17, 15) is 8.78 Å². The number of hydrogen-bond donors (Lipinski definition) is 0. The lowest BCUT2D eigenvalue weighted by Gasteiger charge is -2.37. The predicted molar refractivity (Wildman–Crippen MR) is 119 cm³/mol. The highest BCUT2D eigenvalue weighted by Crippen LogP contribution is 2.69. The summed E-state index contributed by atoms with van der Waals surface area (Å²) in [6.07, 6.45) is 5.61. The molecule has 0 radical (unpaired) electrons. The van der Waals surface area contributed by atoms with Crippen molar-refractivity contribution in [2.45, 2.75) is 56.8 Å². The maximum absolute atomic E-state index is 14.5. The van der Waals surface area contributed by atoms with E-state index in [2.05, 4.69) is 29.0 Å². The van der Waals surface area contributed by atoms with Crippen molar-refractivity contribution < 1.29 is 13.5 Å². The molecule has 0 amide bonds. The van der Waals surface area contributed by atoms with E-state index in [0.29, 0.717) is 5.92 Å². The maximum atomic E-state index is 14.5. The first-order chi connectivity index (χ1) is 15.9. The average Bonchev–Trinajstić information content (AvgIpc) is 3.21. The minimum atomic E-state index is -0.627. The van der Waals surface area contributed by atoms with E-state index in [1.807, 2.05) is 18.3 Å². The predicted octanol–water partition coefficient (Wildman–Crippen LogP) is 5.31. The molecular formula is C26H26F2N4O. The molecule has 5 nitrogen and oxygen atoms in total. The largest absolute Gasteiger partial charge is 0.381 e. The smallest absolute Gasteiger partial charge is 0.135 e. The van der Waals surface area contributed by atoms with Gasteiger partial charge < -0.3 is 4.74 Å². The first-order valence-electron chi connectivity index (χ1n) is 11.7. The Morgan fingerprint density at radius 2 is 1.76 bits per heavy atom. The van der Waals surface area contributed by atoms with Gasteiger partial charge in [-0.2, -0.15) is 5.10 Å². The Morgan fingerprint density at radius 1 is 1.00 bits per heavy atom. The molecule has 6 rings (SSSR count). The summed E-state index contributed by atoms with van der Waals surface area (Å²) in [5.41, 5.74) is 2.47. The number of aromatic nitrogens is 4. The Balaban J connectivity index is 1.48. The second-order valence-corrected chi connectivity index (χ2v) is 10.0. The van der Waals surface area contributed by atoms with Crippen molar-refractivity contribution in [2.24, 2.45) is 5.41 Å². The fraction of sp³-hybridized carbons (Fsp3) is 0.462. The second-order valence-electron chi connectivity index (χ2n) is 10.0. The van der Waals surface area contributed by atoms with Crippen LogP contribution in [0.1, 0.15) is 74.1 Å². The zero-order chi connectivity index (χ0) is 22.8. The highest BCUT2D eigenvalue weighted by atomic mass is 19.1. The van der Waals surface area contributed by atoms with Crippen LogP contribution in [-0.4, -0.2) is 33.4 Å². The van der Waals surface area contributed by atoms with Crippen molar-refractivity contribution in [1.82, 2.24) is 20.2 Å². The Bertz CT molecular complexity index is 1220. The quantitative estimate of drug-likeness (QED) is 0.544.